The maximum absolute atomic E-state index is 5.31. The van der Waals surface area contributed by atoms with Crippen LogP contribution in [0.5, 0.6) is 0 Å². The standard InChI is InChI=1S/C8H16O4/c1-2-9-3-5-11-8-7-10-4-6-12-8/h8H,2-7H2,1H3. The minimum Gasteiger partial charge on any atom is -0.379 e. The topological polar surface area (TPSA) is 36.9 Å². The summed E-state index contributed by atoms with van der Waals surface area (Å²) in [5.74, 6) is 0. The van der Waals surface area contributed by atoms with Gasteiger partial charge in [0, 0.05) is 6.61 Å². The molecule has 0 saturated carbocycles. The maximum atomic E-state index is 5.31. The monoisotopic (exact) mass is 176 g/mol. The lowest BCUT2D eigenvalue weighted by Gasteiger charge is -2.22. The first-order valence-corrected chi connectivity index (χ1v) is 4.32. The van der Waals surface area contributed by atoms with E-state index in [2.05, 4.69) is 0 Å². The SMILES string of the molecule is CCOCCOC1COCCO1. The molecule has 0 amide bonds. The second-order valence-corrected chi connectivity index (χ2v) is 2.44. The fourth-order valence-corrected chi connectivity index (χ4v) is 0.945. The van der Waals surface area contributed by atoms with E-state index in [-0.39, 0.29) is 6.29 Å². The van der Waals surface area contributed by atoms with Gasteiger partial charge in [-0.05, 0) is 6.92 Å². The number of hydrogen-bond acceptors (Lipinski definition) is 4. The lowest BCUT2D eigenvalue weighted by atomic mass is 10.6. The van der Waals surface area contributed by atoms with E-state index in [9.17, 15) is 0 Å². The predicted molar refractivity (Wildman–Crippen MR) is 43.0 cm³/mol. The van der Waals surface area contributed by atoms with Crippen molar-refractivity contribution in [1.29, 1.82) is 0 Å². The second-order valence-electron chi connectivity index (χ2n) is 2.44. The zero-order chi connectivity index (χ0) is 8.65. The first kappa shape index (κ1) is 9.92. The van der Waals surface area contributed by atoms with Crippen LogP contribution >= 0.6 is 0 Å². The Hall–Kier alpha value is -0.160. The fraction of sp³-hybridized carbons (Fsp3) is 1.00. The molecular weight excluding hydrogens is 160 g/mol. The maximum Gasteiger partial charge on any atom is 0.181 e. The van der Waals surface area contributed by atoms with Gasteiger partial charge in [-0.3, -0.25) is 0 Å². The lowest BCUT2D eigenvalue weighted by molar-refractivity contribution is -0.215. The van der Waals surface area contributed by atoms with Crippen molar-refractivity contribution in [2.24, 2.45) is 0 Å². The van der Waals surface area contributed by atoms with E-state index in [0.29, 0.717) is 33.0 Å². The van der Waals surface area contributed by atoms with Gasteiger partial charge in [0.05, 0.1) is 33.0 Å². The summed E-state index contributed by atoms with van der Waals surface area (Å²) in [5.41, 5.74) is 0. The van der Waals surface area contributed by atoms with Gasteiger partial charge in [0.15, 0.2) is 6.29 Å². The Morgan fingerprint density at radius 1 is 1.33 bits per heavy atom. The summed E-state index contributed by atoms with van der Waals surface area (Å²) < 4.78 is 20.8. The van der Waals surface area contributed by atoms with Gasteiger partial charge in [-0.2, -0.15) is 0 Å². The van der Waals surface area contributed by atoms with E-state index in [0.717, 1.165) is 6.61 Å². The molecule has 0 radical (unpaired) electrons. The van der Waals surface area contributed by atoms with E-state index in [1.807, 2.05) is 6.92 Å². The van der Waals surface area contributed by atoms with Gasteiger partial charge in [0.2, 0.25) is 0 Å². The molecule has 1 aliphatic heterocycles. The molecule has 0 aromatic rings. The highest BCUT2D eigenvalue weighted by molar-refractivity contribution is 4.48. The van der Waals surface area contributed by atoms with Gasteiger partial charge in [-0.25, -0.2) is 0 Å². The number of hydrogen-bond donors (Lipinski definition) is 0. The molecule has 1 rings (SSSR count). The predicted octanol–water partition coefficient (Wildman–Crippen LogP) is 0.412. The van der Waals surface area contributed by atoms with Crippen LogP contribution in [0.3, 0.4) is 0 Å². The molecule has 4 heteroatoms. The smallest absolute Gasteiger partial charge is 0.181 e. The van der Waals surface area contributed by atoms with Crippen molar-refractivity contribution in [3.05, 3.63) is 0 Å². The Labute approximate surface area is 72.7 Å². The van der Waals surface area contributed by atoms with Crippen LogP contribution in [0, 0.1) is 0 Å². The van der Waals surface area contributed by atoms with Crippen LogP contribution in [0.2, 0.25) is 0 Å². The minimum absolute atomic E-state index is 0.195. The van der Waals surface area contributed by atoms with Gasteiger partial charge in [-0.1, -0.05) is 0 Å². The van der Waals surface area contributed by atoms with Crippen molar-refractivity contribution in [3.8, 4) is 0 Å². The van der Waals surface area contributed by atoms with Gasteiger partial charge < -0.3 is 18.9 Å². The second kappa shape index (κ2) is 6.37. The van der Waals surface area contributed by atoms with Crippen molar-refractivity contribution in [3.63, 3.8) is 0 Å². The molecule has 72 valence electrons. The van der Waals surface area contributed by atoms with E-state index in [4.69, 9.17) is 18.9 Å². The molecule has 1 aliphatic rings. The average molecular weight is 176 g/mol. The van der Waals surface area contributed by atoms with Crippen molar-refractivity contribution in [1.82, 2.24) is 0 Å². The van der Waals surface area contributed by atoms with Crippen LogP contribution in [-0.2, 0) is 18.9 Å². The van der Waals surface area contributed by atoms with Crippen molar-refractivity contribution >= 4 is 0 Å². The summed E-state index contributed by atoms with van der Waals surface area (Å²) in [6, 6.07) is 0. The molecule has 0 aromatic heterocycles. The Morgan fingerprint density at radius 2 is 2.25 bits per heavy atom. The fourth-order valence-electron chi connectivity index (χ4n) is 0.945. The van der Waals surface area contributed by atoms with Gasteiger partial charge >= 0.3 is 0 Å². The molecule has 4 nitrogen and oxygen atoms in total. The van der Waals surface area contributed by atoms with Gasteiger partial charge in [0.25, 0.3) is 0 Å². The molecule has 0 spiro atoms. The number of rotatable bonds is 5. The largest absolute Gasteiger partial charge is 0.379 e. The Balaban J connectivity index is 1.91. The molecule has 12 heavy (non-hydrogen) atoms. The molecule has 1 fully saturated rings. The molecule has 0 aromatic carbocycles. The Morgan fingerprint density at radius 3 is 2.92 bits per heavy atom. The van der Waals surface area contributed by atoms with Crippen molar-refractivity contribution in [2.45, 2.75) is 13.2 Å². The highest BCUT2D eigenvalue weighted by atomic mass is 16.7. The van der Waals surface area contributed by atoms with E-state index >= 15 is 0 Å². The lowest BCUT2D eigenvalue weighted by Crippen LogP contribution is -2.31. The normalized spacial score (nSPS) is 24.2. The zero-order valence-corrected chi connectivity index (χ0v) is 7.45. The minimum atomic E-state index is -0.195. The van der Waals surface area contributed by atoms with Crippen molar-refractivity contribution in [2.75, 3.05) is 39.6 Å². The molecule has 1 atom stereocenters. The van der Waals surface area contributed by atoms with Crippen LogP contribution in [0.15, 0.2) is 0 Å². The quantitative estimate of drug-likeness (QED) is 0.569. The van der Waals surface area contributed by atoms with Crippen molar-refractivity contribution < 1.29 is 18.9 Å². The summed E-state index contributed by atoms with van der Waals surface area (Å²) in [6.07, 6.45) is -0.195. The third-order valence-corrected chi connectivity index (χ3v) is 1.52. The highest BCUT2D eigenvalue weighted by Gasteiger charge is 2.13. The van der Waals surface area contributed by atoms with Gasteiger partial charge in [-0.15, -0.1) is 0 Å². The summed E-state index contributed by atoms with van der Waals surface area (Å²) in [6.45, 7) is 5.71. The Bertz CT molecular complexity index is 101. The molecule has 0 aliphatic carbocycles. The third-order valence-electron chi connectivity index (χ3n) is 1.52. The summed E-state index contributed by atoms with van der Waals surface area (Å²) in [7, 11) is 0. The van der Waals surface area contributed by atoms with Crippen LogP contribution < -0.4 is 0 Å². The molecular formula is C8H16O4. The highest BCUT2D eigenvalue weighted by Crippen LogP contribution is 2.01. The van der Waals surface area contributed by atoms with Crippen LogP contribution in [0.4, 0.5) is 0 Å². The van der Waals surface area contributed by atoms with Crippen LogP contribution in [-0.4, -0.2) is 45.9 Å². The molecule has 1 heterocycles. The Kier molecular flexibility index (Phi) is 5.27. The van der Waals surface area contributed by atoms with E-state index < -0.39 is 0 Å². The van der Waals surface area contributed by atoms with Crippen LogP contribution in [0.25, 0.3) is 0 Å². The van der Waals surface area contributed by atoms with Crippen LogP contribution in [0.1, 0.15) is 6.92 Å². The van der Waals surface area contributed by atoms with E-state index in [1.165, 1.54) is 0 Å². The third kappa shape index (κ3) is 4.01. The van der Waals surface area contributed by atoms with Gasteiger partial charge in [0.1, 0.15) is 0 Å². The molecule has 1 unspecified atom stereocenters. The molecule has 1 saturated heterocycles. The summed E-state index contributed by atoms with van der Waals surface area (Å²) >= 11 is 0. The van der Waals surface area contributed by atoms with E-state index in [1.54, 1.807) is 0 Å². The number of ether oxygens (including phenoxy) is 4. The summed E-state index contributed by atoms with van der Waals surface area (Å²) in [5, 5.41) is 0. The molecule has 0 N–H and O–H groups in total. The molecule has 0 bridgehead atoms. The first-order chi connectivity index (χ1) is 5.93. The zero-order valence-electron chi connectivity index (χ0n) is 7.45. The first-order valence-electron chi connectivity index (χ1n) is 4.32. The summed E-state index contributed by atoms with van der Waals surface area (Å²) in [4.78, 5) is 0. The average Bonchev–Trinajstić information content (AvgIpc) is 2.14.